The molecule has 178 valence electrons. The molecule has 3 N–H and O–H groups in total. The molecule has 1 aromatic carbocycles. The van der Waals surface area contributed by atoms with Gasteiger partial charge in [0.25, 0.3) is 5.91 Å². The number of hydrogen-bond acceptors (Lipinski definition) is 7. The Bertz CT molecular complexity index is 1310. The summed E-state index contributed by atoms with van der Waals surface area (Å²) in [4.78, 5) is 30.0. The lowest BCUT2D eigenvalue weighted by molar-refractivity contribution is -0.135. The van der Waals surface area contributed by atoms with Crippen LogP contribution in [0.2, 0.25) is 0 Å². The number of aliphatic hydroxyl groups is 1. The highest BCUT2D eigenvalue weighted by molar-refractivity contribution is 6.41. The van der Waals surface area contributed by atoms with Crippen LogP contribution in [0.1, 0.15) is 49.5 Å². The van der Waals surface area contributed by atoms with E-state index in [1.54, 1.807) is 32.9 Å². The number of allylic oxidation sites excluding steroid dienone is 1. The van der Waals surface area contributed by atoms with Crippen LogP contribution in [0.15, 0.2) is 29.3 Å². The summed E-state index contributed by atoms with van der Waals surface area (Å²) >= 11 is 0. The summed E-state index contributed by atoms with van der Waals surface area (Å²) in [6, 6.07) is 4.71. The van der Waals surface area contributed by atoms with Crippen molar-refractivity contribution in [3.8, 4) is 0 Å². The van der Waals surface area contributed by atoms with Crippen LogP contribution in [-0.4, -0.2) is 33.5 Å². The molecule has 3 aromatic rings. The van der Waals surface area contributed by atoms with Gasteiger partial charge in [0.15, 0.2) is 11.6 Å². The van der Waals surface area contributed by atoms with Gasteiger partial charge in [0, 0.05) is 18.6 Å². The van der Waals surface area contributed by atoms with E-state index in [0.717, 1.165) is 18.4 Å². The lowest BCUT2D eigenvalue weighted by Gasteiger charge is -2.18. The Morgan fingerprint density at radius 1 is 1.26 bits per heavy atom. The van der Waals surface area contributed by atoms with Crippen molar-refractivity contribution >= 4 is 45.5 Å². The quantitative estimate of drug-likeness (QED) is 0.387. The molecule has 2 aromatic heterocycles. The van der Waals surface area contributed by atoms with Crippen molar-refractivity contribution in [2.24, 2.45) is 5.41 Å². The third kappa shape index (κ3) is 4.56. The molecule has 34 heavy (non-hydrogen) atoms. The van der Waals surface area contributed by atoms with E-state index in [4.69, 9.17) is 4.52 Å². The number of rotatable bonds is 9. The van der Waals surface area contributed by atoms with Crippen molar-refractivity contribution in [3.63, 3.8) is 0 Å². The van der Waals surface area contributed by atoms with E-state index in [-0.39, 0.29) is 35.6 Å². The minimum atomic E-state index is -0.828. The van der Waals surface area contributed by atoms with Gasteiger partial charge in [-0.25, -0.2) is 9.37 Å². The topological polar surface area (TPSA) is 117 Å². The number of anilines is 3. The number of halogens is 1. The third-order valence-corrected chi connectivity index (χ3v) is 6.21. The summed E-state index contributed by atoms with van der Waals surface area (Å²) in [5.41, 5.74) is 2.74. The van der Waals surface area contributed by atoms with Gasteiger partial charge < -0.3 is 20.3 Å². The van der Waals surface area contributed by atoms with Gasteiger partial charge in [-0.1, -0.05) is 17.8 Å². The number of fused-ring (bicyclic) bond motifs is 1. The Labute approximate surface area is 196 Å². The van der Waals surface area contributed by atoms with Crippen LogP contribution in [0.5, 0.6) is 0 Å². The summed E-state index contributed by atoms with van der Waals surface area (Å²) in [6.45, 7) is 9.18. The second-order valence-corrected chi connectivity index (χ2v) is 9.06. The molecule has 9 heteroatoms. The predicted octanol–water partition coefficient (Wildman–Crippen LogP) is 4.82. The number of aliphatic hydroxyl groups excluding tert-OH is 1. The van der Waals surface area contributed by atoms with E-state index in [1.807, 2.05) is 0 Å². The predicted molar refractivity (Wildman–Crippen MR) is 127 cm³/mol. The second kappa shape index (κ2) is 8.98. The van der Waals surface area contributed by atoms with Crippen LogP contribution in [0.25, 0.3) is 16.6 Å². The number of nitrogens with zero attached hydrogens (tertiary/aromatic N) is 2. The lowest BCUT2D eigenvalue weighted by Crippen LogP contribution is -2.27. The van der Waals surface area contributed by atoms with Crippen LogP contribution >= 0.6 is 0 Å². The normalized spacial score (nSPS) is 14.1. The van der Waals surface area contributed by atoms with Crippen molar-refractivity contribution in [3.05, 3.63) is 47.5 Å². The lowest BCUT2D eigenvalue weighted by atomic mass is 9.95. The molecule has 1 amide bonds. The Hall–Kier alpha value is -3.59. The van der Waals surface area contributed by atoms with Crippen molar-refractivity contribution in [1.29, 1.82) is 0 Å². The molecule has 0 spiro atoms. The van der Waals surface area contributed by atoms with E-state index >= 15 is 0 Å². The maximum atomic E-state index is 14.7. The number of aryl methyl sites for hydroxylation is 2. The van der Waals surface area contributed by atoms with Crippen LogP contribution in [0.4, 0.5) is 21.6 Å². The smallest absolute Gasteiger partial charge is 0.292 e. The molecule has 8 nitrogen and oxygen atoms in total. The van der Waals surface area contributed by atoms with Crippen LogP contribution in [0, 0.1) is 25.1 Å². The number of benzene rings is 1. The van der Waals surface area contributed by atoms with Gasteiger partial charge in [-0.05, 0) is 68.7 Å². The maximum Gasteiger partial charge on any atom is 0.292 e. The first-order valence-corrected chi connectivity index (χ1v) is 11.1. The zero-order valence-corrected chi connectivity index (χ0v) is 19.4. The summed E-state index contributed by atoms with van der Waals surface area (Å²) in [5.74, 6) is -1.45. The number of ketones is 1. The van der Waals surface area contributed by atoms with Gasteiger partial charge in [0.1, 0.15) is 16.9 Å². The Morgan fingerprint density at radius 3 is 2.62 bits per heavy atom. The largest absolute Gasteiger partial charge is 0.396 e. The molecule has 1 aliphatic rings. The third-order valence-electron chi connectivity index (χ3n) is 6.21. The van der Waals surface area contributed by atoms with E-state index in [1.165, 1.54) is 6.07 Å². The number of pyridine rings is 1. The number of hydrogen-bond donors (Lipinski definition) is 3. The van der Waals surface area contributed by atoms with Gasteiger partial charge in [-0.15, -0.1) is 0 Å². The van der Waals surface area contributed by atoms with Crippen molar-refractivity contribution in [2.75, 3.05) is 17.2 Å². The fourth-order valence-corrected chi connectivity index (χ4v) is 4.08. The van der Waals surface area contributed by atoms with Crippen molar-refractivity contribution in [1.82, 2.24) is 10.1 Å². The molecular formula is C25H27FN4O4. The van der Waals surface area contributed by atoms with E-state index in [0.29, 0.717) is 34.4 Å². The molecule has 0 unspecified atom stereocenters. The molecule has 0 atom stereocenters. The number of amides is 1. The zero-order valence-electron chi connectivity index (χ0n) is 19.4. The van der Waals surface area contributed by atoms with Gasteiger partial charge >= 0.3 is 0 Å². The van der Waals surface area contributed by atoms with Gasteiger partial charge in [-0.3, -0.25) is 9.59 Å². The molecule has 1 saturated carbocycles. The number of carbonyl (C=O) groups excluding carboxylic acids is 2. The minimum absolute atomic E-state index is 0.0297. The van der Waals surface area contributed by atoms with Crippen LogP contribution < -0.4 is 10.6 Å². The van der Waals surface area contributed by atoms with Crippen LogP contribution in [-0.2, 0) is 9.59 Å². The molecular weight excluding hydrogens is 439 g/mol. The van der Waals surface area contributed by atoms with Gasteiger partial charge in [0.2, 0.25) is 5.78 Å². The molecule has 0 radical (unpaired) electrons. The zero-order chi connectivity index (χ0) is 24.6. The molecule has 2 heterocycles. The van der Waals surface area contributed by atoms with Gasteiger partial charge in [0.05, 0.1) is 11.4 Å². The summed E-state index contributed by atoms with van der Waals surface area (Å²) in [7, 11) is 0. The van der Waals surface area contributed by atoms with Gasteiger partial charge in [-0.2, -0.15) is 0 Å². The maximum absolute atomic E-state index is 14.7. The molecule has 1 aliphatic carbocycles. The number of carbonyl (C=O) groups is 2. The number of aromatic nitrogens is 2. The number of nitrogens with one attached hydrogen (secondary N) is 2. The molecule has 0 bridgehead atoms. The van der Waals surface area contributed by atoms with E-state index in [2.05, 4.69) is 27.4 Å². The summed E-state index contributed by atoms with van der Waals surface area (Å²) in [6.07, 6.45) is 2.14. The Morgan fingerprint density at radius 2 is 2.00 bits per heavy atom. The average Bonchev–Trinajstić information content (AvgIpc) is 3.43. The first-order valence-electron chi connectivity index (χ1n) is 11.1. The van der Waals surface area contributed by atoms with E-state index < -0.39 is 17.5 Å². The molecule has 4 rings (SSSR count). The highest BCUT2D eigenvalue weighted by atomic mass is 19.1. The van der Waals surface area contributed by atoms with Crippen molar-refractivity contribution in [2.45, 2.75) is 46.5 Å². The monoisotopic (exact) mass is 466 g/mol. The summed E-state index contributed by atoms with van der Waals surface area (Å²) in [5, 5.41) is 18.9. The fraction of sp³-hybridized carbons (Fsp3) is 0.360. The molecule has 0 saturated heterocycles. The fourth-order valence-electron chi connectivity index (χ4n) is 4.08. The SMILES string of the molecule is C=C(C)c1c(Nc2ccc(C)cc2F)c(NC(=O)C(=O)CC2(CCO)CC2)nc2c(C)onc12. The standard InChI is InChI=1S/C25H27FN4O4/c1-13(2)19-21-20(15(4)34-30-21)28-23(22(19)27-17-6-5-14(3)11-16(17)26)29-24(33)18(32)12-25(7-8-25)9-10-31/h5-6,11,27,31H,1,7-10,12H2,2-4H3,(H,28,29,33). The van der Waals surface area contributed by atoms with E-state index in [9.17, 15) is 19.1 Å². The second-order valence-electron chi connectivity index (χ2n) is 9.06. The average molecular weight is 467 g/mol. The number of Topliss-reactive ketones (excluding diaryl/α,β-unsaturated/α-hetero) is 1. The van der Waals surface area contributed by atoms with Crippen LogP contribution in [0.3, 0.4) is 0 Å². The van der Waals surface area contributed by atoms with Crippen molar-refractivity contribution < 1.29 is 23.6 Å². The summed E-state index contributed by atoms with van der Waals surface area (Å²) < 4.78 is 20.0. The Kier molecular flexibility index (Phi) is 6.22. The Balaban J connectivity index is 1.75. The minimum Gasteiger partial charge on any atom is -0.396 e. The molecule has 0 aliphatic heterocycles. The first kappa shape index (κ1) is 23.6. The molecule has 1 fully saturated rings. The highest BCUT2D eigenvalue weighted by Gasteiger charge is 2.44. The first-order chi connectivity index (χ1) is 16.1. The highest BCUT2D eigenvalue weighted by Crippen LogP contribution is 2.51.